The number of piperidine rings is 1. The monoisotopic (exact) mass is 365 g/mol. The maximum absolute atomic E-state index is 12.0. The summed E-state index contributed by atoms with van der Waals surface area (Å²) in [5.41, 5.74) is 8.79. The average Bonchev–Trinajstić information content (AvgIpc) is 2.72. The van der Waals surface area contributed by atoms with Gasteiger partial charge in [0.25, 0.3) is 0 Å². The van der Waals surface area contributed by atoms with Gasteiger partial charge < -0.3 is 16.0 Å². The lowest BCUT2D eigenvalue weighted by Crippen LogP contribution is -2.41. The third-order valence-corrected chi connectivity index (χ3v) is 5.10. The molecule has 1 atom stereocenters. The van der Waals surface area contributed by atoms with Gasteiger partial charge in [0.15, 0.2) is 0 Å². The molecule has 0 radical (unpaired) electrons. The molecule has 2 aromatic rings. The summed E-state index contributed by atoms with van der Waals surface area (Å²) in [6, 6.07) is 18.2. The Kier molecular flexibility index (Phi) is 6.47. The van der Waals surface area contributed by atoms with E-state index in [1.54, 1.807) is 0 Å². The third kappa shape index (κ3) is 5.58. The van der Waals surface area contributed by atoms with Gasteiger partial charge in [-0.15, -0.1) is 0 Å². The molecule has 142 valence electrons. The van der Waals surface area contributed by atoms with E-state index in [-0.39, 0.29) is 17.7 Å². The van der Waals surface area contributed by atoms with Crippen molar-refractivity contribution in [2.24, 2.45) is 11.7 Å². The summed E-state index contributed by atoms with van der Waals surface area (Å²) >= 11 is 0. The Morgan fingerprint density at radius 3 is 2.48 bits per heavy atom. The maximum Gasteiger partial charge on any atom is 0.222 e. The minimum absolute atomic E-state index is 0.0586. The quantitative estimate of drug-likeness (QED) is 0.792. The van der Waals surface area contributed by atoms with Crippen LogP contribution in [0.5, 0.6) is 0 Å². The first-order valence-electron chi connectivity index (χ1n) is 9.55. The average molecular weight is 365 g/mol. The summed E-state index contributed by atoms with van der Waals surface area (Å²) in [6.45, 7) is 2.15. The van der Waals surface area contributed by atoms with Crippen molar-refractivity contribution in [3.63, 3.8) is 0 Å². The number of hydrogen-bond donors (Lipinski definition) is 2. The Bertz CT molecular complexity index is 759. The summed E-state index contributed by atoms with van der Waals surface area (Å²) in [4.78, 5) is 25.7. The lowest BCUT2D eigenvalue weighted by molar-refractivity contribution is -0.122. The number of primary amides is 1. The molecule has 0 spiro atoms. The number of amides is 2. The van der Waals surface area contributed by atoms with E-state index in [9.17, 15) is 9.59 Å². The molecule has 0 aromatic heterocycles. The molecule has 3 N–H and O–H groups in total. The van der Waals surface area contributed by atoms with E-state index in [0.29, 0.717) is 19.5 Å². The van der Waals surface area contributed by atoms with Crippen LogP contribution in [0.4, 0.5) is 5.69 Å². The highest BCUT2D eigenvalue weighted by molar-refractivity contribution is 5.77. The van der Waals surface area contributed by atoms with Crippen molar-refractivity contribution < 1.29 is 9.59 Å². The van der Waals surface area contributed by atoms with E-state index in [0.717, 1.165) is 37.1 Å². The SMILES string of the molecule is NC(=O)[C@H]1CCCN(c2ccc(CNC(=O)CCc3ccccc3)cc2)C1. The number of nitrogens with zero attached hydrogens (tertiary/aromatic N) is 1. The van der Waals surface area contributed by atoms with Crippen LogP contribution in [0.15, 0.2) is 54.6 Å². The van der Waals surface area contributed by atoms with Crippen molar-refractivity contribution in [3.8, 4) is 0 Å². The molecule has 1 saturated heterocycles. The molecular formula is C22H27N3O2. The highest BCUT2D eigenvalue weighted by Gasteiger charge is 2.23. The van der Waals surface area contributed by atoms with E-state index >= 15 is 0 Å². The number of carbonyl (C=O) groups excluding carboxylic acids is 2. The second-order valence-electron chi connectivity index (χ2n) is 7.12. The van der Waals surface area contributed by atoms with Crippen LogP contribution in [0.3, 0.4) is 0 Å². The van der Waals surface area contributed by atoms with Gasteiger partial charge in [0.05, 0.1) is 5.92 Å². The number of anilines is 1. The lowest BCUT2D eigenvalue weighted by atomic mass is 9.97. The molecule has 2 amide bonds. The van der Waals surface area contributed by atoms with Crippen molar-refractivity contribution in [1.29, 1.82) is 0 Å². The molecule has 0 bridgehead atoms. The topological polar surface area (TPSA) is 75.4 Å². The fourth-order valence-electron chi connectivity index (χ4n) is 3.46. The van der Waals surface area contributed by atoms with E-state index in [4.69, 9.17) is 5.73 Å². The standard InChI is InChI=1S/C22H27N3O2/c23-22(27)19-7-4-14-25(16-19)20-11-8-18(9-12-20)15-24-21(26)13-10-17-5-2-1-3-6-17/h1-3,5-6,8-9,11-12,19H,4,7,10,13-16H2,(H2,23,27)(H,24,26)/t19-/m0/s1. The summed E-state index contributed by atoms with van der Waals surface area (Å²) in [5.74, 6) is -0.222. The number of nitrogens with one attached hydrogen (secondary N) is 1. The molecular weight excluding hydrogens is 338 g/mol. The number of nitrogens with two attached hydrogens (primary N) is 1. The van der Waals surface area contributed by atoms with E-state index in [1.165, 1.54) is 5.56 Å². The molecule has 2 aromatic carbocycles. The minimum atomic E-state index is -0.213. The van der Waals surface area contributed by atoms with Crippen LogP contribution in [-0.4, -0.2) is 24.9 Å². The molecule has 5 heteroatoms. The van der Waals surface area contributed by atoms with Gasteiger partial charge >= 0.3 is 0 Å². The highest BCUT2D eigenvalue weighted by Crippen LogP contribution is 2.23. The van der Waals surface area contributed by atoms with E-state index in [2.05, 4.69) is 22.3 Å². The predicted molar refractivity (Wildman–Crippen MR) is 107 cm³/mol. The number of carbonyl (C=O) groups is 2. The number of rotatable bonds is 7. The molecule has 0 unspecified atom stereocenters. The first-order chi connectivity index (χ1) is 13.1. The van der Waals surface area contributed by atoms with E-state index in [1.807, 2.05) is 42.5 Å². The number of hydrogen-bond acceptors (Lipinski definition) is 3. The Morgan fingerprint density at radius 2 is 1.78 bits per heavy atom. The van der Waals surface area contributed by atoms with Crippen LogP contribution in [-0.2, 0) is 22.6 Å². The minimum Gasteiger partial charge on any atom is -0.371 e. The van der Waals surface area contributed by atoms with Gasteiger partial charge in [-0.3, -0.25) is 9.59 Å². The highest BCUT2D eigenvalue weighted by atomic mass is 16.2. The normalized spacial score (nSPS) is 16.7. The molecule has 27 heavy (non-hydrogen) atoms. The molecule has 1 fully saturated rings. The fraction of sp³-hybridized carbons (Fsp3) is 0.364. The summed E-state index contributed by atoms with van der Waals surface area (Å²) in [6.07, 6.45) is 3.09. The summed E-state index contributed by atoms with van der Waals surface area (Å²) in [5, 5.41) is 2.98. The Labute approximate surface area is 160 Å². The Morgan fingerprint density at radius 1 is 1.04 bits per heavy atom. The molecule has 1 heterocycles. The van der Waals surface area contributed by atoms with Gasteiger partial charge in [0, 0.05) is 31.7 Å². The lowest BCUT2D eigenvalue weighted by Gasteiger charge is -2.33. The summed E-state index contributed by atoms with van der Waals surface area (Å²) in [7, 11) is 0. The van der Waals surface area contributed by atoms with Crippen LogP contribution in [0.25, 0.3) is 0 Å². The van der Waals surface area contributed by atoms with Crippen molar-refractivity contribution in [2.45, 2.75) is 32.2 Å². The van der Waals surface area contributed by atoms with Gasteiger partial charge in [0.2, 0.25) is 11.8 Å². The maximum atomic E-state index is 12.0. The predicted octanol–water partition coefficient (Wildman–Crippen LogP) is 2.64. The van der Waals surface area contributed by atoms with Gasteiger partial charge in [-0.25, -0.2) is 0 Å². The zero-order valence-electron chi connectivity index (χ0n) is 15.6. The van der Waals surface area contributed by atoms with Gasteiger partial charge in [-0.1, -0.05) is 42.5 Å². The Balaban J connectivity index is 1.46. The van der Waals surface area contributed by atoms with E-state index < -0.39 is 0 Å². The van der Waals surface area contributed by atoms with Crippen LogP contribution >= 0.6 is 0 Å². The molecule has 5 nitrogen and oxygen atoms in total. The zero-order chi connectivity index (χ0) is 19.1. The Hall–Kier alpha value is -2.82. The van der Waals surface area contributed by atoms with Gasteiger partial charge in [0.1, 0.15) is 0 Å². The van der Waals surface area contributed by atoms with Crippen molar-refractivity contribution in [2.75, 3.05) is 18.0 Å². The first-order valence-corrected chi connectivity index (χ1v) is 9.55. The molecule has 0 saturated carbocycles. The van der Waals surface area contributed by atoms with Crippen molar-refractivity contribution in [1.82, 2.24) is 5.32 Å². The summed E-state index contributed by atoms with van der Waals surface area (Å²) < 4.78 is 0. The van der Waals surface area contributed by atoms with Gasteiger partial charge in [-0.2, -0.15) is 0 Å². The fourth-order valence-corrected chi connectivity index (χ4v) is 3.46. The third-order valence-electron chi connectivity index (χ3n) is 5.10. The van der Waals surface area contributed by atoms with Crippen LogP contribution in [0.1, 0.15) is 30.4 Å². The largest absolute Gasteiger partial charge is 0.371 e. The molecule has 1 aliphatic rings. The molecule has 3 rings (SSSR count). The van der Waals surface area contributed by atoms with Gasteiger partial charge in [-0.05, 0) is 42.5 Å². The van der Waals surface area contributed by atoms with Crippen molar-refractivity contribution in [3.05, 3.63) is 65.7 Å². The van der Waals surface area contributed by atoms with Crippen LogP contribution in [0, 0.1) is 5.92 Å². The second-order valence-corrected chi connectivity index (χ2v) is 7.12. The number of aryl methyl sites for hydroxylation is 1. The van der Waals surface area contributed by atoms with Crippen LogP contribution in [0.2, 0.25) is 0 Å². The number of benzene rings is 2. The smallest absolute Gasteiger partial charge is 0.222 e. The van der Waals surface area contributed by atoms with Crippen LogP contribution < -0.4 is 16.0 Å². The zero-order valence-corrected chi connectivity index (χ0v) is 15.6. The van der Waals surface area contributed by atoms with Crippen molar-refractivity contribution >= 4 is 17.5 Å². The molecule has 0 aliphatic carbocycles. The first kappa shape index (κ1) is 19.0. The molecule has 1 aliphatic heterocycles. The second kappa shape index (κ2) is 9.21.